The van der Waals surface area contributed by atoms with Crippen LogP contribution in [-0.4, -0.2) is 0 Å². The highest BCUT2D eigenvalue weighted by molar-refractivity contribution is 5.38. The van der Waals surface area contributed by atoms with Crippen LogP contribution in [0, 0.1) is 0 Å². The van der Waals surface area contributed by atoms with E-state index < -0.39 is 11.7 Å². The highest BCUT2D eigenvalue weighted by Gasteiger charge is 2.34. The van der Waals surface area contributed by atoms with Gasteiger partial charge in [-0.25, -0.2) is 0 Å². The maximum absolute atomic E-state index is 12.7. The fourth-order valence-corrected chi connectivity index (χ4v) is 1.37. The molecule has 2 aromatic carbocycles. The molecule has 0 aromatic heterocycles. The Morgan fingerprint density at radius 3 is 2.11 bits per heavy atom. The second-order valence-electron chi connectivity index (χ2n) is 3.51. The average Bonchev–Trinajstić information content (AvgIpc) is 2.37. The average molecular weight is 252 g/mol. The zero-order valence-corrected chi connectivity index (χ0v) is 9.19. The van der Waals surface area contributed by atoms with Crippen molar-refractivity contribution in [3.8, 4) is 5.75 Å². The molecule has 5 heteroatoms. The Bertz CT molecular complexity index is 511. The minimum Gasteiger partial charge on any atom is -0.356 e. The van der Waals surface area contributed by atoms with E-state index in [1.54, 1.807) is 30.3 Å². The normalized spacial score (nSPS) is 11.1. The van der Waals surface area contributed by atoms with Gasteiger partial charge >= 0.3 is 6.18 Å². The van der Waals surface area contributed by atoms with Crippen LogP contribution >= 0.6 is 0 Å². The Balaban J connectivity index is 2.15. The van der Waals surface area contributed by atoms with Gasteiger partial charge in [0.25, 0.3) is 0 Å². The molecule has 0 aliphatic heterocycles. The molecule has 0 heterocycles. The highest BCUT2D eigenvalue weighted by Crippen LogP contribution is 2.35. The third-order valence-corrected chi connectivity index (χ3v) is 2.20. The summed E-state index contributed by atoms with van der Waals surface area (Å²) in [5.41, 5.74) is 3.26. The molecule has 0 aliphatic carbocycles. The molecule has 0 fully saturated rings. The van der Waals surface area contributed by atoms with E-state index in [-0.39, 0.29) is 5.75 Å². The van der Waals surface area contributed by atoms with E-state index in [1.165, 1.54) is 18.2 Å². The molecule has 0 atom stereocenters. The molecule has 2 rings (SSSR count). The minimum atomic E-state index is -4.46. The van der Waals surface area contributed by atoms with Crippen molar-refractivity contribution in [2.75, 3.05) is 0 Å². The van der Waals surface area contributed by atoms with Crippen molar-refractivity contribution in [3.63, 3.8) is 0 Å². The lowest BCUT2D eigenvalue weighted by atomic mass is 10.2. The van der Waals surface area contributed by atoms with Gasteiger partial charge in [0.2, 0.25) is 0 Å². The monoisotopic (exact) mass is 252 g/mol. The van der Waals surface area contributed by atoms with Crippen LogP contribution in [0.1, 0.15) is 5.56 Å². The number of rotatable bonds is 3. The van der Waals surface area contributed by atoms with Crippen LogP contribution in [0.2, 0.25) is 0 Å². The molecule has 2 aromatic rings. The summed E-state index contributed by atoms with van der Waals surface area (Å²) in [5, 5.41) is 0. The van der Waals surface area contributed by atoms with Gasteiger partial charge in [-0.05, 0) is 24.3 Å². The number of hydrogen-bond donors (Lipinski definition) is 0. The summed E-state index contributed by atoms with van der Waals surface area (Å²) in [6.07, 6.45) is -4.46. The van der Waals surface area contributed by atoms with Crippen LogP contribution in [0.4, 0.5) is 18.9 Å². The first-order chi connectivity index (χ1) is 8.57. The molecule has 2 nitrogen and oxygen atoms in total. The predicted molar refractivity (Wildman–Crippen MR) is 60.3 cm³/mol. The topological polar surface area (TPSA) is 23.3 Å². The predicted octanol–water partition coefficient (Wildman–Crippen LogP) is 3.94. The molecule has 0 saturated heterocycles. The summed E-state index contributed by atoms with van der Waals surface area (Å²) in [4.78, 5) is 4.85. The first-order valence-corrected chi connectivity index (χ1v) is 5.17. The van der Waals surface area contributed by atoms with Crippen molar-refractivity contribution in [2.24, 2.45) is 0 Å². The van der Waals surface area contributed by atoms with Gasteiger partial charge in [0.15, 0.2) is 5.75 Å². The molecule has 0 aliphatic rings. The van der Waals surface area contributed by atoms with Gasteiger partial charge in [-0.15, -0.1) is 0 Å². The van der Waals surface area contributed by atoms with E-state index in [2.05, 4.69) is 5.48 Å². The third-order valence-electron chi connectivity index (χ3n) is 2.20. The zero-order valence-electron chi connectivity index (χ0n) is 9.19. The quantitative estimate of drug-likeness (QED) is 0.759. The smallest absolute Gasteiger partial charge is 0.356 e. The molecule has 0 N–H and O–H groups in total. The Kier molecular flexibility index (Phi) is 3.41. The van der Waals surface area contributed by atoms with E-state index in [1.807, 2.05) is 0 Å². The lowest BCUT2D eigenvalue weighted by molar-refractivity contribution is -0.139. The number of benzene rings is 2. The van der Waals surface area contributed by atoms with E-state index >= 15 is 0 Å². The molecular weight excluding hydrogens is 243 g/mol. The molecule has 0 bridgehead atoms. The van der Waals surface area contributed by atoms with Gasteiger partial charge in [0.1, 0.15) is 11.3 Å². The van der Waals surface area contributed by atoms with Gasteiger partial charge in [-0.1, -0.05) is 35.8 Å². The van der Waals surface area contributed by atoms with Crippen molar-refractivity contribution in [1.29, 1.82) is 0 Å². The van der Waals surface area contributed by atoms with Crippen molar-refractivity contribution in [1.82, 2.24) is 5.48 Å². The van der Waals surface area contributed by atoms with Gasteiger partial charge < -0.3 is 4.84 Å². The number of halogens is 3. The van der Waals surface area contributed by atoms with Crippen LogP contribution < -0.4 is 10.3 Å². The summed E-state index contributed by atoms with van der Waals surface area (Å²) in [6.45, 7) is 0. The fourth-order valence-electron chi connectivity index (χ4n) is 1.37. The van der Waals surface area contributed by atoms with Gasteiger partial charge in [-0.2, -0.15) is 13.2 Å². The summed E-state index contributed by atoms with van der Waals surface area (Å²) < 4.78 is 38.0. The van der Waals surface area contributed by atoms with Gasteiger partial charge in [0.05, 0.1) is 0 Å². The second-order valence-corrected chi connectivity index (χ2v) is 3.51. The first-order valence-electron chi connectivity index (χ1n) is 5.17. The fraction of sp³-hybridized carbons (Fsp3) is 0.0769. The van der Waals surface area contributed by atoms with Crippen LogP contribution in [0.3, 0.4) is 0 Å². The van der Waals surface area contributed by atoms with Gasteiger partial charge in [-0.3, -0.25) is 0 Å². The number of para-hydroxylation sites is 1. The lowest BCUT2D eigenvalue weighted by Crippen LogP contribution is -2.11. The molecule has 0 spiro atoms. The number of alkyl halides is 3. The Morgan fingerprint density at radius 1 is 0.833 bits per heavy atom. The Labute approximate surface area is 102 Å². The van der Waals surface area contributed by atoms with Crippen molar-refractivity contribution >= 4 is 5.69 Å². The Hall–Kier alpha value is -2.17. The van der Waals surface area contributed by atoms with E-state index in [0.717, 1.165) is 6.07 Å². The molecule has 1 radical (unpaired) electrons. The second kappa shape index (κ2) is 5.00. The van der Waals surface area contributed by atoms with Crippen molar-refractivity contribution in [3.05, 3.63) is 60.2 Å². The summed E-state index contributed by atoms with van der Waals surface area (Å²) >= 11 is 0. The molecule has 93 valence electrons. The highest BCUT2D eigenvalue weighted by atomic mass is 19.4. The molecule has 0 saturated carbocycles. The van der Waals surface area contributed by atoms with Gasteiger partial charge in [0, 0.05) is 0 Å². The van der Waals surface area contributed by atoms with E-state index in [9.17, 15) is 13.2 Å². The largest absolute Gasteiger partial charge is 0.420 e. The minimum absolute atomic E-state index is 0.311. The third kappa shape index (κ3) is 2.94. The number of nitrogens with zero attached hydrogens (tertiary/aromatic N) is 1. The van der Waals surface area contributed by atoms with Crippen LogP contribution in [0.25, 0.3) is 0 Å². The van der Waals surface area contributed by atoms with Crippen LogP contribution in [-0.2, 0) is 6.18 Å². The molecule has 0 amide bonds. The van der Waals surface area contributed by atoms with Crippen molar-refractivity contribution in [2.45, 2.75) is 6.18 Å². The standard InChI is InChI=1S/C13H9F3NO/c14-13(15,16)11-8-4-5-9-12(11)18-17-10-6-2-1-3-7-10/h1-9H. The zero-order chi connectivity index (χ0) is 13.0. The lowest BCUT2D eigenvalue weighted by Gasteiger charge is -2.11. The SMILES string of the molecule is FC(F)(F)c1ccccc1O[N]c1ccccc1. The van der Waals surface area contributed by atoms with Crippen LogP contribution in [0.15, 0.2) is 54.6 Å². The van der Waals surface area contributed by atoms with E-state index in [0.29, 0.717) is 5.69 Å². The summed E-state index contributed by atoms with van der Waals surface area (Å²) in [5.74, 6) is -0.311. The maximum atomic E-state index is 12.7. The van der Waals surface area contributed by atoms with Crippen molar-refractivity contribution < 1.29 is 18.0 Å². The van der Waals surface area contributed by atoms with Crippen LogP contribution in [0.5, 0.6) is 5.75 Å². The first kappa shape index (κ1) is 12.3. The molecule has 18 heavy (non-hydrogen) atoms. The number of hydrogen-bond acceptors (Lipinski definition) is 1. The summed E-state index contributed by atoms with van der Waals surface area (Å²) in [6, 6.07) is 13.4. The molecular formula is C13H9F3NO. The molecule has 0 unspecified atom stereocenters. The maximum Gasteiger partial charge on any atom is 0.420 e. The summed E-state index contributed by atoms with van der Waals surface area (Å²) in [7, 11) is 0. The Morgan fingerprint density at radius 2 is 1.44 bits per heavy atom. The van der Waals surface area contributed by atoms with E-state index in [4.69, 9.17) is 4.84 Å².